The van der Waals surface area contributed by atoms with Gasteiger partial charge in [0, 0.05) is 10.4 Å². The van der Waals surface area contributed by atoms with Crippen molar-refractivity contribution in [3.8, 4) is 0 Å². The van der Waals surface area contributed by atoms with Crippen molar-refractivity contribution in [2.45, 2.75) is 18.7 Å². The lowest BCUT2D eigenvalue weighted by molar-refractivity contribution is 0.0520. The van der Waals surface area contributed by atoms with Crippen LogP contribution < -0.4 is 10.6 Å². The van der Waals surface area contributed by atoms with Crippen LogP contribution in [0.5, 0.6) is 0 Å². The fraction of sp³-hybridized carbons (Fsp3) is 0.160. The molecule has 0 aliphatic carbocycles. The molecule has 36 heavy (non-hydrogen) atoms. The third-order valence-electron chi connectivity index (χ3n) is 5.38. The van der Waals surface area contributed by atoms with Gasteiger partial charge in [-0.15, -0.1) is 0 Å². The molecule has 7 nitrogen and oxygen atoms in total. The number of fused-ring (bicyclic) bond motifs is 1. The smallest absolute Gasteiger partial charge is 0.356 e. The van der Waals surface area contributed by atoms with E-state index >= 15 is 4.39 Å². The minimum atomic E-state index is -4.42. The minimum absolute atomic E-state index is 0.0116. The fourth-order valence-corrected chi connectivity index (χ4v) is 8.22. The average Bonchev–Trinajstić information content (AvgIpc) is 3.21. The maximum Gasteiger partial charge on any atom is 0.356 e. The van der Waals surface area contributed by atoms with Crippen LogP contribution in [0.4, 0.5) is 4.39 Å². The average molecular weight is 550 g/mol. The molecule has 0 spiro atoms. The van der Waals surface area contributed by atoms with Gasteiger partial charge in [-0.25, -0.2) is 21.6 Å². The molecule has 0 saturated heterocycles. The summed E-state index contributed by atoms with van der Waals surface area (Å²) in [5, 5.41) is -0.367. The van der Waals surface area contributed by atoms with E-state index in [9.17, 15) is 17.8 Å². The summed E-state index contributed by atoms with van der Waals surface area (Å²) >= 11 is 6.25. The van der Waals surface area contributed by atoms with E-state index in [0.717, 1.165) is 10.0 Å². The van der Waals surface area contributed by atoms with Crippen molar-refractivity contribution in [1.29, 1.82) is 0 Å². The van der Waals surface area contributed by atoms with Crippen molar-refractivity contribution in [2.24, 2.45) is 0 Å². The highest BCUT2D eigenvalue weighted by Gasteiger charge is 2.43. The van der Waals surface area contributed by atoms with Gasteiger partial charge in [0.1, 0.15) is 5.82 Å². The summed E-state index contributed by atoms with van der Waals surface area (Å²) in [6.07, 6.45) is 0. The largest absolute Gasteiger partial charge is 0.461 e. The predicted molar refractivity (Wildman–Crippen MR) is 137 cm³/mol. The van der Waals surface area contributed by atoms with Gasteiger partial charge in [0.05, 0.1) is 34.2 Å². The van der Waals surface area contributed by atoms with Crippen molar-refractivity contribution in [1.82, 2.24) is 3.97 Å². The maximum absolute atomic E-state index is 15.0. The van der Waals surface area contributed by atoms with Crippen LogP contribution >= 0.6 is 19.0 Å². The van der Waals surface area contributed by atoms with Crippen molar-refractivity contribution in [2.75, 3.05) is 13.2 Å². The number of esters is 1. The summed E-state index contributed by atoms with van der Waals surface area (Å²) < 4.78 is 69.1. The molecule has 11 heteroatoms. The number of carbonyl (C=O) groups excluding carboxylic acids is 1. The summed E-state index contributed by atoms with van der Waals surface area (Å²) in [5.74, 6) is -1.89. The molecule has 1 atom stereocenters. The van der Waals surface area contributed by atoms with Gasteiger partial charge in [-0.3, -0.25) is 4.57 Å². The molecular formula is C25H22ClFNO6PS. The molecule has 3 aromatic carbocycles. The Bertz CT molecular complexity index is 1600. The van der Waals surface area contributed by atoms with E-state index in [4.69, 9.17) is 20.9 Å². The highest BCUT2D eigenvalue weighted by atomic mass is 35.5. The van der Waals surface area contributed by atoms with E-state index in [2.05, 4.69) is 0 Å². The third kappa shape index (κ3) is 4.37. The molecule has 0 radical (unpaired) electrons. The molecule has 188 valence electrons. The molecule has 1 heterocycles. The molecule has 4 rings (SSSR count). The Morgan fingerprint density at radius 1 is 1.00 bits per heavy atom. The lowest BCUT2D eigenvalue weighted by atomic mass is 10.2. The zero-order valence-corrected chi connectivity index (χ0v) is 21.8. The van der Waals surface area contributed by atoms with E-state index in [-0.39, 0.29) is 44.6 Å². The molecule has 0 aliphatic heterocycles. The molecule has 0 bridgehead atoms. The van der Waals surface area contributed by atoms with Crippen LogP contribution in [0.2, 0.25) is 5.02 Å². The summed E-state index contributed by atoms with van der Waals surface area (Å²) in [4.78, 5) is 13.3. The Morgan fingerprint density at radius 2 is 1.67 bits per heavy atom. The van der Waals surface area contributed by atoms with Gasteiger partial charge in [-0.05, 0) is 56.3 Å². The molecule has 0 fully saturated rings. The molecule has 0 saturated carbocycles. The van der Waals surface area contributed by atoms with Crippen LogP contribution in [0.1, 0.15) is 24.3 Å². The van der Waals surface area contributed by atoms with Crippen molar-refractivity contribution in [3.05, 3.63) is 89.3 Å². The Balaban J connectivity index is 2.24. The quantitative estimate of drug-likeness (QED) is 0.224. The van der Waals surface area contributed by atoms with Gasteiger partial charge < -0.3 is 9.26 Å². The third-order valence-corrected chi connectivity index (χ3v) is 10.0. The summed E-state index contributed by atoms with van der Waals surface area (Å²) in [7, 11) is -8.82. The van der Waals surface area contributed by atoms with E-state index in [1.54, 1.807) is 19.9 Å². The van der Waals surface area contributed by atoms with Gasteiger partial charge in [0.2, 0.25) is 0 Å². The number of rotatable bonds is 8. The first-order chi connectivity index (χ1) is 17.2. The Hall–Kier alpha value is -2.97. The van der Waals surface area contributed by atoms with Crippen LogP contribution in [0.15, 0.2) is 77.7 Å². The maximum atomic E-state index is 15.0. The van der Waals surface area contributed by atoms with Gasteiger partial charge >= 0.3 is 5.97 Å². The summed E-state index contributed by atoms with van der Waals surface area (Å²) in [5.41, 5.74) is -0.532. The van der Waals surface area contributed by atoms with Gasteiger partial charge in [0.25, 0.3) is 17.4 Å². The van der Waals surface area contributed by atoms with E-state index in [0.29, 0.717) is 0 Å². The van der Waals surface area contributed by atoms with E-state index < -0.39 is 34.9 Å². The van der Waals surface area contributed by atoms with Gasteiger partial charge in [0.15, 0.2) is 5.69 Å². The molecular weight excluding hydrogens is 528 g/mol. The Labute approximate surface area is 212 Å². The molecule has 0 aliphatic rings. The second-order valence-corrected chi connectivity index (χ2v) is 12.1. The van der Waals surface area contributed by atoms with Crippen LogP contribution in [0.3, 0.4) is 0 Å². The number of benzene rings is 3. The number of nitrogens with zero attached hydrogens (tertiary/aromatic N) is 1. The molecule has 4 aromatic rings. The van der Waals surface area contributed by atoms with Crippen LogP contribution in [-0.4, -0.2) is 31.6 Å². The summed E-state index contributed by atoms with van der Waals surface area (Å²) in [6.45, 7) is 2.90. The van der Waals surface area contributed by atoms with Crippen LogP contribution in [0, 0.1) is 5.82 Å². The van der Waals surface area contributed by atoms with Gasteiger partial charge in [-0.2, -0.15) is 0 Å². The minimum Gasteiger partial charge on any atom is -0.461 e. The highest BCUT2D eigenvalue weighted by Crippen LogP contribution is 2.49. The second-order valence-electron chi connectivity index (χ2n) is 7.58. The number of hydrogen-bond acceptors (Lipinski definition) is 6. The summed E-state index contributed by atoms with van der Waals surface area (Å²) in [6, 6.07) is 16.9. The zero-order chi connectivity index (χ0) is 26.1. The topological polar surface area (TPSA) is 91.7 Å². The lowest BCUT2D eigenvalue weighted by Crippen LogP contribution is -2.29. The highest BCUT2D eigenvalue weighted by molar-refractivity contribution is 7.90. The first-order valence-electron chi connectivity index (χ1n) is 11.0. The monoisotopic (exact) mass is 549 g/mol. The number of hydrogen-bond donors (Lipinski definition) is 0. The second kappa shape index (κ2) is 10.2. The van der Waals surface area contributed by atoms with E-state index in [1.165, 1.54) is 60.7 Å². The van der Waals surface area contributed by atoms with Crippen molar-refractivity contribution in [3.63, 3.8) is 0 Å². The fourth-order valence-electron chi connectivity index (χ4n) is 3.97. The first-order valence-corrected chi connectivity index (χ1v) is 14.4. The van der Waals surface area contributed by atoms with Crippen LogP contribution in [-0.2, 0) is 23.8 Å². The Morgan fingerprint density at radius 3 is 2.31 bits per heavy atom. The number of ether oxygens (including phenoxy) is 1. The van der Waals surface area contributed by atoms with E-state index in [1.807, 2.05) is 0 Å². The number of halogens is 2. The lowest BCUT2D eigenvalue weighted by Gasteiger charge is -2.20. The SMILES string of the molecule is CCOC(=O)c1c(P(=O)(OCC)c2ccccc2F)c2cc(Cl)ccc2n1S(=O)(=O)c1ccccc1. The number of aromatic nitrogens is 1. The first kappa shape index (κ1) is 26.1. The predicted octanol–water partition coefficient (Wildman–Crippen LogP) is 5.11. The molecule has 0 N–H and O–H groups in total. The number of carbonyl (C=O) groups is 1. The zero-order valence-electron chi connectivity index (χ0n) is 19.4. The van der Waals surface area contributed by atoms with Gasteiger partial charge in [-0.1, -0.05) is 41.9 Å². The molecule has 0 amide bonds. The van der Waals surface area contributed by atoms with Crippen LogP contribution in [0.25, 0.3) is 10.9 Å². The standard InChI is InChI=1S/C25H22ClFNO6PS/c1-3-33-25(29)23-24(35(30,34-4-2)22-13-9-8-12-20(22)27)19-16-17(26)14-15-21(19)28(23)36(31,32)18-10-6-5-7-11-18/h5-16H,3-4H2,1-2H3. The Kier molecular flexibility index (Phi) is 7.38. The van der Waals surface area contributed by atoms with Crippen molar-refractivity contribution < 1.29 is 31.4 Å². The van der Waals surface area contributed by atoms with Crippen molar-refractivity contribution >= 4 is 56.5 Å². The normalized spacial score (nSPS) is 13.4. The molecule has 1 aromatic heterocycles. The molecule has 1 unspecified atom stereocenters.